The van der Waals surface area contributed by atoms with Crippen LogP contribution in [0.15, 0.2) is 42.5 Å². The van der Waals surface area contributed by atoms with Gasteiger partial charge in [-0.3, -0.25) is 0 Å². The Morgan fingerprint density at radius 3 is 2.53 bits per heavy atom. The molecule has 2 aromatic carbocycles. The van der Waals surface area contributed by atoms with Gasteiger partial charge in [0, 0.05) is 23.8 Å². The van der Waals surface area contributed by atoms with E-state index >= 15 is 0 Å². The Hall–Kier alpha value is -1.58. The van der Waals surface area contributed by atoms with Gasteiger partial charge in [-0.05, 0) is 36.8 Å². The van der Waals surface area contributed by atoms with Gasteiger partial charge in [-0.25, -0.2) is 4.39 Å². The van der Waals surface area contributed by atoms with Crippen molar-refractivity contribution in [3.05, 3.63) is 58.9 Å². The zero-order valence-electron chi connectivity index (χ0n) is 10.7. The van der Waals surface area contributed by atoms with Crippen molar-refractivity contribution in [1.29, 1.82) is 0 Å². The molecule has 0 heterocycles. The number of hydrogen-bond donors (Lipinski definition) is 1. The minimum atomic E-state index is -0.257. The first-order valence-corrected chi connectivity index (χ1v) is 6.55. The van der Waals surface area contributed by atoms with E-state index in [-0.39, 0.29) is 5.82 Å². The van der Waals surface area contributed by atoms with Gasteiger partial charge < -0.3 is 10.6 Å². The number of nitrogens with zero attached hydrogens (tertiary/aromatic N) is 1. The molecule has 0 saturated heterocycles. The van der Waals surface area contributed by atoms with Crippen LogP contribution in [-0.4, -0.2) is 6.54 Å². The highest BCUT2D eigenvalue weighted by Crippen LogP contribution is 2.32. The predicted molar refractivity (Wildman–Crippen MR) is 78.4 cm³/mol. The van der Waals surface area contributed by atoms with E-state index < -0.39 is 0 Å². The van der Waals surface area contributed by atoms with Gasteiger partial charge in [-0.2, -0.15) is 0 Å². The summed E-state index contributed by atoms with van der Waals surface area (Å²) in [6, 6.07) is 12.2. The number of halogens is 2. The molecule has 0 aliphatic heterocycles. The van der Waals surface area contributed by atoms with Crippen LogP contribution in [-0.2, 0) is 6.54 Å². The lowest BCUT2D eigenvalue weighted by molar-refractivity contribution is 0.625. The van der Waals surface area contributed by atoms with Gasteiger partial charge in [-0.15, -0.1) is 0 Å². The highest BCUT2D eigenvalue weighted by molar-refractivity contribution is 6.30. The number of nitrogens with two attached hydrogens (primary N) is 1. The van der Waals surface area contributed by atoms with Crippen molar-refractivity contribution in [2.24, 2.45) is 5.73 Å². The lowest BCUT2D eigenvalue weighted by Gasteiger charge is -2.26. The predicted octanol–water partition coefficient (Wildman–Crippen LogP) is 4.10. The molecule has 0 bridgehead atoms. The molecule has 0 aromatic heterocycles. The summed E-state index contributed by atoms with van der Waals surface area (Å²) in [5, 5.41) is 0.613. The van der Waals surface area contributed by atoms with E-state index in [1.165, 1.54) is 6.07 Å². The van der Waals surface area contributed by atoms with Gasteiger partial charge in [0.15, 0.2) is 0 Å². The molecule has 0 atom stereocenters. The fourth-order valence-electron chi connectivity index (χ4n) is 2.10. The first-order valence-electron chi connectivity index (χ1n) is 6.18. The molecule has 2 rings (SSSR count). The van der Waals surface area contributed by atoms with Crippen LogP contribution in [0.3, 0.4) is 0 Å². The highest BCUT2D eigenvalue weighted by Gasteiger charge is 2.14. The van der Waals surface area contributed by atoms with Crippen LogP contribution >= 0.6 is 11.6 Å². The van der Waals surface area contributed by atoms with E-state index in [1.54, 1.807) is 18.2 Å². The third-order valence-electron chi connectivity index (χ3n) is 3.02. The molecule has 0 saturated carbocycles. The average Bonchev–Trinajstić information content (AvgIpc) is 2.42. The quantitative estimate of drug-likeness (QED) is 0.912. The minimum absolute atomic E-state index is 0.257. The third-order valence-corrected chi connectivity index (χ3v) is 3.25. The molecular formula is C15H16ClFN2. The van der Waals surface area contributed by atoms with E-state index in [4.69, 9.17) is 17.3 Å². The standard InChI is InChI=1S/C15H16ClFN2/c1-2-19(14-6-4-3-5-13(14)17)15-9-12(16)8-7-11(15)10-18/h3-9H,2,10,18H2,1H3. The molecule has 0 radical (unpaired) electrons. The highest BCUT2D eigenvalue weighted by atomic mass is 35.5. The van der Waals surface area contributed by atoms with Crippen LogP contribution in [0.4, 0.5) is 15.8 Å². The van der Waals surface area contributed by atoms with E-state index in [2.05, 4.69) is 0 Å². The summed E-state index contributed by atoms with van der Waals surface area (Å²) in [4.78, 5) is 1.88. The van der Waals surface area contributed by atoms with Crippen molar-refractivity contribution < 1.29 is 4.39 Å². The zero-order chi connectivity index (χ0) is 13.8. The SMILES string of the molecule is CCN(c1ccccc1F)c1cc(Cl)ccc1CN. The smallest absolute Gasteiger partial charge is 0.146 e. The van der Waals surface area contributed by atoms with Crippen molar-refractivity contribution in [3.63, 3.8) is 0 Å². The van der Waals surface area contributed by atoms with Crippen molar-refractivity contribution >= 4 is 23.0 Å². The van der Waals surface area contributed by atoms with Crippen molar-refractivity contribution in [1.82, 2.24) is 0 Å². The van der Waals surface area contributed by atoms with E-state index in [0.29, 0.717) is 23.8 Å². The molecule has 100 valence electrons. The Morgan fingerprint density at radius 1 is 1.16 bits per heavy atom. The number of benzene rings is 2. The van der Waals surface area contributed by atoms with E-state index in [1.807, 2.05) is 30.0 Å². The van der Waals surface area contributed by atoms with Crippen LogP contribution in [0.5, 0.6) is 0 Å². The average molecular weight is 279 g/mol. The second-order valence-electron chi connectivity index (χ2n) is 4.17. The largest absolute Gasteiger partial charge is 0.339 e. The summed E-state index contributed by atoms with van der Waals surface area (Å²) < 4.78 is 13.9. The lowest BCUT2D eigenvalue weighted by Crippen LogP contribution is -2.19. The zero-order valence-corrected chi connectivity index (χ0v) is 11.5. The van der Waals surface area contributed by atoms with Crippen molar-refractivity contribution in [3.8, 4) is 0 Å². The maximum atomic E-state index is 13.9. The molecular weight excluding hydrogens is 263 g/mol. The molecule has 0 amide bonds. The lowest BCUT2D eigenvalue weighted by atomic mass is 10.1. The minimum Gasteiger partial charge on any atom is -0.339 e. The Labute approximate surface area is 117 Å². The number of rotatable bonds is 4. The van der Waals surface area contributed by atoms with Crippen LogP contribution in [0.25, 0.3) is 0 Å². The summed E-state index contributed by atoms with van der Waals surface area (Å²) >= 11 is 6.04. The van der Waals surface area contributed by atoms with Gasteiger partial charge in [0.05, 0.1) is 5.69 Å². The molecule has 0 aliphatic carbocycles. The number of hydrogen-bond acceptors (Lipinski definition) is 2. The molecule has 2 N–H and O–H groups in total. The van der Waals surface area contributed by atoms with Crippen LogP contribution < -0.4 is 10.6 Å². The third kappa shape index (κ3) is 2.88. The van der Waals surface area contributed by atoms with Crippen molar-refractivity contribution in [2.45, 2.75) is 13.5 Å². The maximum Gasteiger partial charge on any atom is 0.146 e. The van der Waals surface area contributed by atoms with Crippen LogP contribution in [0.1, 0.15) is 12.5 Å². The van der Waals surface area contributed by atoms with Gasteiger partial charge in [0.25, 0.3) is 0 Å². The Kier molecular flexibility index (Phi) is 4.40. The molecule has 0 unspecified atom stereocenters. The molecule has 2 aromatic rings. The number of anilines is 2. The Bertz CT molecular complexity index is 572. The van der Waals surface area contributed by atoms with E-state index in [0.717, 1.165) is 11.3 Å². The van der Waals surface area contributed by atoms with E-state index in [9.17, 15) is 4.39 Å². The monoisotopic (exact) mass is 278 g/mol. The summed E-state index contributed by atoms with van der Waals surface area (Å²) in [5.41, 5.74) is 8.06. The molecule has 0 aliphatic rings. The van der Waals surface area contributed by atoms with Crippen LogP contribution in [0.2, 0.25) is 5.02 Å². The van der Waals surface area contributed by atoms with Gasteiger partial charge >= 0.3 is 0 Å². The Balaban J connectivity index is 2.54. The molecule has 2 nitrogen and oxygen atoms in total. The van der Waals surface area contributed by atoms with Crippen LogP contribution in [0, 0.1) is 5.82 Å². The van der Waals surface area contributed by atoms with Gasteiger partial charge in [0.2, 0.25) is 0 Å². The summed E-state index contributed by atoms with van der Waals surface area (Å²) in [5.74, 6) is -0.257. The van der Waals surface area contributed by atoms with Gasteiger partial charge in [0.1, 0.15) is 5.82 Å². The normalized spacial score (nSPS) is 10.5. The number of para-hydroxylation sites is 1. The molecule has 19 heavy (non-hydrogen) atoms. The Morgan fingerprint density at radius 2 is 1.89 bits per heavy atom. The fraction of sp³-hybridized carbons (Fsp3) is 0.200. The van der Waals surface area contributed by atoms with Gasteiger partial charge in [-0.1, -0.05) is 29.8 Å². The first kappa shape index (κ1) is 13.8. The maximum absolute atomic E-state index is 13.9. The second kappa shape index (κ2) is 6.04. The van der Waals surface area contributed by atoms with Crippen molar-refractivity contribution in [2.75, 3.05) is 11.4 Å². The summed E-state index contributed by atoms with van der Waals surface area (Å²) in [7, 11) is 0. The molecule has 0 spiro atoms. The molecule has 0 fully saturated rings. The summed E-state index contributed by atoms with van der Waals surface area (Å²) in [6.45, 7) is 2.99. The first-order chi connectivity index (χ1) is 9.17. The molecule has 4 heteroatoms. The summed E-state index contributed by atoms with van der Waals surface area (Å²) in [6.07, 6.45) is 0. The fourth-order valence-corrected chi connectivity index (χ4v) is 2.27. The topological polar surface area (TPSA) is 29.3 Å². The second-order valence-corrected chi connectivity index (χ2v) is 4.61.